The Bertz CT molecular complexity index is 558. The third kappa shape index (κ3) is 3.95. The minimum absolute atomic E-state index is 0.0196. The van der Waals surface area contributed by atoms with Gasteiger partial charge in [-0.25, -0.2) is 9.97 Å². The first-order chi connectivity index (χ1) is 8.94. The number of rotatable bonds is 3. The maximum atomic E-state index is 4.24. The van der Waals surface area contributed by atoms with Gasteiger partial charge in [0, 0.05) is 17.3 Å². The van der Waals surface area contributed by atoms with E-state index in [-0.39, 0.29) is 5.54 Å². The van der Waals surface area contributed by atoms with E-state index in [1.807, 2.05) is 24.3 Å². The Labute approximate surface area is 114 Å². The van der Waals surface area contributed by atoms with Crippen molar-refractivity contribution in [2.24, 2.45) is 0 Å². The minimum atomic E-state index is -0.0196. The SMILES string of the molecule is Cc1ccccc1Nc1cc(NC(C)(C)C)ncn1. The van der Waals surface area contributed by atoms with E-state index in [2.05, 4.69) is 54.4 Å². The van der Waals surface area contributed by atoms with Crippen molar-refractivity contribution in [3.05, 3.63) is 42.2 Å². The molecule has 0 spiro atoms. The number of aromatic nitrogens is 2. The fourth-order valence-corrected chi connectivity index (χ4v) is 1.73. The second kappa shape index (κ2) is 5.26. The van der Waals surface area contributed by atoms with E-state index in [4.69, 9.17) is 0 Å². The predicted octanol–water partition coefficient (Wildman–Crippen LogP) is 3.74. The zero-order chi connectivity index (χ0) is 13.9. The number of hydrogen-bond donors (Lipinski definition) is 2. The summed E-state index contributed by atoms with van der Waals surface area (Å²) in [6, 6.07) is 10.0. The van der Waals surface area contributed by atoms with Gasteiger partial charge in [0.25, 0.3) is 0 Å². The van der Waals surface area contributed by atoms with Crippen molar-refractivity contribution in [3.8, 4) is 0 Å². The Hall–Kier alpha value is -2.10. The van der Waals surface area contributed by atoms with Gasteiger partial charge in [0.2, 0.25) is 0 Å². The van der Waals surface area contributed by atoms with Crippen molar-refractivity contribution in [1.82, 2.24) is 9.97 Å². The van der Waals surface area contributed by atoms with Gasteiger partial charge in [-0.3, -0.25) is 0 Å². The Morgan fingerprint density at radius 3 is 2.37 bits per heavy atom. The van der Waals surface area contributed by atoms with Gasteiger partial charge >= 0.3 is 0 Å². The molecule has 0 saturated heterocycles. The molecule has 0 unspecified atom stereocenters. The molecule has 4 nitrogen and oxygen atoms in total. The van der Waals surface area contributed by atoms with Crippen LogP contribution in [0.1, 0.15) is 26.3 Å². The van der Waals surface area contributed by atoms with Crippen molar-refractivity contribution < 1.29 is 0 Å². The summed E-state index contributed by atoms with van der Waals surface area (Å²) in [4.78, 5) is 8.47. The van der Waals surface area contributed by atoms with E-state index in [0.717, 1.165) is 17.3 Å². The molecule has 1 heterocycles. The lowest BCUT2D eigenvalue weighted by Gasteiger charge is -2.21. The summed E-state index contributed by atoms with van der Waals surface area (Å²) in [5.74, 6) is 1.61. The van der Waals surface area contributed by atoms with Crippen LogP contribution in [0.5, 0.6) is 0 Å². The maximum Gasteiger partial charge on any atom is 0.135 e. The highest BCUT2D eigenvalue weighted by molar-refractivity contribution is 5.62. The zero-order valence-electron chi connectivity index (χ0n) is 11.9. The van der Waals surface area contributed by atoms with Crippen LogP contribution in [0.25, 0.3) is 0 Å². The topological polar surface area (TPSA) is 49.8 Å². The predicted molar refractivity (Wildman–Crippen MR) is 79.9 cm³/mol. The van der Waals surface area contributed by atoms with Crippen molar-refractivity contribution in [2.45, 2.75) is 33.2 Å². The molecular weight excluding hydrogens is 236 g/mol. The maximum absolute atomic E-state index is 4.24. The molecule has 100 valence electrons. The zero-order valence-corrected chi connectivity index (χ0v) is 11.9. The van der Waals surface area contributed by atoms with E-state index in [9.17, 15) is 0 Å². The van der Waals surface area contributed by atoms with E-state index in [1.165, 1.54) is 5.56 Å². The van der Waals surface area contributed by atoms with Crippen LogP contribution in [0.4, 0.5) is 17.3 Å². The lowest BCUT2D eigenvalue weighted by Crippen LogP contribution is -2.26. The van der Waals surface area contributed by atoms with Gasteiger partial charge in [0.1, 0.15) is 18.0 Å². The first-order valence-corrected chi connectivity index (χ1v) is 6.37. The summed E-state index contributed by atoms with van der Waals surface area (Å²) in [6.07, 6.45) is 1.56. The number of anilines is 3. The second-order valence-electron chi connectivity index (χ2n) is 5.60. The average molecular weight is 256 g/mol. The summed E-state index contributed by atoms with van der Waals surface area (Å²) < 4.78 is 0. The lowest BCUT2D eigenvalue weighted by atomic mass is 10.1. The molecule has 0 aliphatic carbocycles. The van der Waals surface area contributed by atoms with Crippen molar-refractivity contribution in [2.75, 3.05) is 10.6 Å². The minimum Gasteiger partial charge on any atom is -0.365 e. The fraction of sp³-hybridized carbons (Fsp3) is 0.333. The molecule has 0 fully saturated rings. The summed E-state index contributed by atoms with van der Waals surface area (Å²) in [7, 11) is 0. The molecule has 0 aliphatic rings. The highest BCUT2D eigenvalue weighted by Crippen LogP contribution is 2.20. The van der Waals surface area contributed by atoms with Gasteiger partial charge in [0.15, 0.2) is 0 Å². The number of hydrogen-bond acceptors (Lipinski definition) is 4. The van der Waals surface area contributed by atoms with Gasteiger partial charge in [-0.05, 0) is 39.3 Å². The molecule has 2 rings (SSSR count). The number of aryl methyl sites for hydroxylation is 1. The standard InChI is InChI=1S/C15H20N4/c1-11-7-5-6-8-12(11)18-13-9-14(17-10-16-13)19-15(2,3)4/h5-10H,1-4H3,(H2,16,17,18,19). The Morgan fingerprint density at radius 1 is 1.00 bits per heavy atom. The van der Waals surface area contributed by atoms with E-state index >= 15 is 0 Å². The largest absolute Gasteiger partial charge is 0.365 e. The van der Waals surface area contributed by atoms with Crippen LogP contribution in [-0.2, 0) is 0 Å². The van der Waals surface area contributed by atoms with Crippen LogP contribution >= 0.6 is 0 Å². The van der Waals surface area contributed by atoms with Crippen LogP contribution in [0.2, 0.25) is 0 Å². The summed E-state index contributed by atoms with van der Waals surface area (Å²) in [5, 5.41) is 6.64. The van der Waals surface area contributed by atoms with Crippen LogP contribution < -0.4 is 10.6 Å². The van der Waals surface area contributed by atoms with Crippen LogP contribution in [0.3, 0.4) is 0 Å². The first-order valence-electron chi connectivity index (χ1n) is 6.37. The normalized spacial score (nSPS) is 11.2. The molecule has 1 aromatic carbocycles. The summed E-state index contributed by atoms with van der Waals surface area (Å²) >= 11 is 0. The summed E-state index contributed by atoms with van der Waals surface area (Å²) in [5.41, 5.74) is 2.23. The van der Waals surface area contributed by atoms with Gasteiger partial charge in [-0.15, -0.1) is 0 Å². The molecule has 2 aromatic rings. The quantitative estimate of drug-likeness (QED) is 0.878. The highest BCUT2D eigenvalue weighted by atomic mass is 15.1. The Morgan fingerprint density at radius 2 is 1.68 bits per heavy atom. The molecule has 0 bridgehead atoms. The first kappa shape index (κ1) is 13.3. The number of nitrogens with one attached hydrogen (secondary N) is 2. The average Bonchev–Trinajstić information content (AvgIpc) is 2.30. The third-order valence-corrected chi connectivity index (χ3v) is 2.58. The van der Waals surface area contributed by atoms with Crippen molar-refractivity contribution in [3.63, 3.8) is 0 Å². The number of para-hydroxylation sites is 1. The van der Waals surface area contributed by atoms with Crippen LogP contribution in [0, 0.1) is 6.92 Å². The van der Waals surface area contributed by atoms with E-state index in [1.54, 1.807) is 6.33 Å². The highest BCUT2D eigenvalue weighted by Gasteiger charge is 2.10. The smallest absolute Gasteiger partial charge is 0.135 e. The molecule has 0 aliphatic heterocycles. The third-order valence-electron chi connectivity index (χ3n) is 2.58. The second-order valence-corrected chi connectivity index (χ2v) is 5.60. The van der Waals surface area contributed by atoms with Crippen molar-refractivity contribution >= 4 is 17.3 Å². The monoisotopic (exact) mass is 256 g/mol. The molecule has 19 heavy (non-hydrogen) atoms. The molecule has 4 heteroatoms. The Kier molecular flexibility index (Phi) is 3.69. The number of benzene rings is 1. The summed E-state index contributed by atoms with van der Waals surface area (Å²) in [6.45, 7) is 8.37. The van der Waals surface area contributed by atoms with E-state index in [0.29, 0.717) is 0 Å². The van der Waals surface area contributed by atoms with Crippen LogP contribution in [-0.4, -0.2) is 15.5 Å². The van der Waals surface area contributed by atoms with Gasteiger partial charge < -0.3 is 10.6 Å². The molecule has 0 amide bonds. The van der Waals surface area contributed by atoms with E-state index < -0.39 is 0 Å². The molecule has 2 N–H and O–H groups in total. The fourth-order valence-electron chi connectivity index (χ4n) is 1.73. The molecule has 0 radical (unpaired) electrons. The van der Waals surface area contributed by atoms with Crippen molar-refractivity contribution in [1.29, 1.82) is 0 Å². The Balaban J connectivity index is 2.18. The molecule has 0 saturated carbocycles. The lowest BCUT2D eigenvalue weighted by molar-refractivity contribution is 0.630. The molecule has 0 atom stereocenters. The molecular formula is C15H20N4. The van der Waals surface area contributed by atoms with Gasteiger partial charge in [-0.2, -0.15) is 0 Å². The van der Waals surface area contributed by atoms with Crippen LogP contribution in [0.15, 0.2) is 36.7 Å². The number of nitrogens with zero attached hydrogens (tertiary/aromatic N) is 2. The van der Waals surface area contributed by atoms with Gasteiger partial charge in [-0.1, -0.05) is 18.2 Å². The molecule has 1 aromatic heterocycles. The van der Waals surface area contributed by atoms with Gasteiger partial charge in [0.05, 0.1) is 0 Å².